The van der Waals surface area contributed by atoms with Crippen LogP contribution in [0.2, 0.25) is 0 Å². The molecule has 11 aromatic rings. The van der Waals surface area contributed by atoms with Gasteiger partial charge in [-0.25, -0.2) is 0 Å². The molecule has 3 aliphatic rings. The topological polar surface area (TPSA) is 30.0 Å². The molecule has 3 aliphatic carbocycles. The third-order valence-electron chi connectivity index (χ3n) is 14.1. The van der Waals surface area contributed by atoms with Crippen molar-refractivity contribution in [3.63, 3.8) is 0 Å². The molecule has 0 N–H and O–H groups in total. The molecule has 14 rings (SSSR count). The summed E-state index contributed by atoms with van der Waals surface area (Å²) in [6, 6.07) is 83.0. The summed E-state index contributed by atoms with van der Waals surface area (Å²) in [5, 5.41) is 10.2. The van der Waals surface area contributed by atoms with Crippen LogP contribution in [0.3, 0.4) is 0 Å². The summed E-state index contributed by atoms with van der Waals surface area (Å²) in [5.74, 6) is 0. The van der Waals surface area contributed by atoms with E-state index in [1.54, 1.807) is 0 Å². The maximum absolute atomic E-state index is 15.1. The molecule has 1 aromatic heterocycles. The van der Waals surface area contributed by atoms with Crippen molar-refractivity contribution in [3.05, 3.63) is 264 Å². The molecule has 1 heterocycles. The van der Waals surface area contributed by atoms with Crippen molar-refractivity contribution >= 4 is 66.3 Å². The zero-order chi connectivity index (χ0) is 43.0. The van der Waals surface area contributed by atoms with Crippen molar-refractivity contribution < 1.29 is 24.7 Å². The monoisotopic (exact) mass is 1030 g/mol. The Morgan fingerprint density at radius 2 is 0.846 bits per heavy atom. The minimum Gasteiger partial charge on any atom is -0.311 e. The van der Waals surface area contributed by atoms with Gasteiger partial charge >= 0.3 is 0 Å². The van der Waals surface area contributed by atoms with Crippen molar-refractivity contribution in [1.82, 2.24) is 4.98 Å². The standard InChI is InChI=1S/C31H22N.C30H20OP.Ir/c1-30-22-10-4-6-12-24(22)31(2,25-13-7-5-11-23(25)30)27-19-21(15-17-26(27)30)29-18-16-20-9-3-8-14-28(20)32-29;31-32(28-16-13-22-7-1-4-10-25(22)19-28,29-17-14-23-8-2-5-11-26(23)20-29)30-18-15-24-9-3-6-12-27(24)21-30;/h3-14,16-19H,1-2H3;1-17,19-21H;/q2*-1;. The van der Waals surface area contributed by atoms with E-state index in [1.807, 2.05) is 66.7 Å². The zero-order valence-corrected chi connectivity index (χ0v) is 39.2. The largest absolute Gasteiger partial charge is 0.311 e. The number of nitrogens with zero attached hydrogens (tertiary/aromatic N) is 1. The van der Waals surface area contributed by atoms with E-state index in [-0.39, 0.29) is 30.9 Å². The van der Waals surface area contributed by atoms with Gasteiger partial charge < -0.3 is 4.57 Å². The number of rotatable bonds is 4. The first kappa shape index (κ1) is 41.0. The van der Waals surface area contributed by atoms with Crippen LogP contribution in [-0.4, -0.2) is 4.98 Å². The predicted octanol–water partition coefficient (Wildman–Crippen LogP) is 13.6. The summed E-state index contributed by atoms with van der Waals surface area (Å²) in [4.78, 5) is 4.95. The fourth-order valence-electron chi connectivity index (χ4n) is 10.7. The molecular formula is C61H42IrNOP-2. The molecule has 4 heteroatoms. The minimum atomic E-state index is -3.15. The van der Waals surface area contributed by atoms with Crippen LogP contribution in [0.1, 0.15) is 47.2 Å². The van der Waals surface area contributed by atoms with E-state index in [4.69, 9.17) is 4.98 Å². The average Bonchev–Trinajstić information content (AvgIpc) is 3.37. The van der Waals surface area contributed by atoms with Crippen molar-refractivity contribution in [2.75, 3.05) is 0 Å². The van der Waals surface area contributed by atoms with Gasteiger partial charge in [0, 0.05) is 41.5 Å². The van der Waals surface area contributed by atoms with Gasteiger partial charge in [0.05, 0.1) is 5.52 Å². The Bertz CT molecular complexity index is 3480. The fraction of sp³-hybridized carbons (Fsp3) is 0.0656. The van der Waals surface area contributed by atoms with Crippen LogP contribution in [0.4, 0.5) is 0 Å². The maximum Gasteiger partial charge on any atom is 0.147 e. The molecular weight excluding hydrogens is 986 g/mol. The second-order valence-corrected chi connectivity index (χ2v) is 20.3. The van der Waals surface area contributed by atoms with Crippen molar-refractivity contribution in [3.8, 4) is 11.3 Å². The summed E-state index contributed by atoms with van der Waals surface area (Å²) in [6.45, 7) is 4.77. The smallest absolute Gasteiger partial charge is 0.147 e. The van der Waals surface area contributed by atoms with Crippen LogP contribution in [-0.2, 0) is 35.5 Å². The van der Waals surface area contributed by atoms with Gasteiger partial charge in [0.1, 0.15) is 7.14 Å². The van der Waals surface area contributed by atoms with Gasteiger partial charge in [-0.15, -0.1) is 51.7 Å². The van der Waals surface area contributed by atoms with Crippen LogP contribution in [0.15, 0.2) is 218 Å². The molecule has 0 amide bonds. The molecule has 0 saturated carbocycles. The van der Waals surface area contributed by atoms with E-state index in [0.717, 1.165) is 70.4 Å². The molecule has 2 bridgehead atoms. The minimum absolute atomic E-state index is 0. The number of para-hydroxylation sites is 1. The summed E-state index contributed by atoms with van der Waals surface area (Å²) in [5.41, 5.74) is 11.1. The molecule has 1 radical (unpaired) electrons. The van der Waals surface area contributed by atoms with Crippen molar-refractivity contribution in [1.29, 1.82) is 0 Å². The van der Waals surface area contributed by atoms with Gasteiger partial charge in [0.15, 0.2) is 0 Å². The molecule has 0 unspecified atom stereocenters. The SMILES string of the molecule is CC12c3c[c-]c(-c4ccc5ccccc5n4)cc3C(C)(c3ccccc31)c1ccccc12.O=P(c1[c-]cc2ccccc2c1)(c1ccc2ccccc2c1)c1ccc2ccccc2c1.[Ir]. The van der Waals surface area contributed by atoms with E-state index in [0.29, 0.717) is 0 Å². The van der Waals surface area contributed by atoms with Gasteiger partial charge in [-0.3, -0.25) is 4.98 Å². The molecule has 10 aromatic carbocycles. The Morgan fingerprint density at radius 3 is 1.42 bits per heavy atom. The van der Waals surface area contributed by atoms with E-state index in [9.17, 15) is 0 Å². The van der Waals surface area contributed by atoms with Crippen LogP contribution in [0.5, 0.6) is 0 Å². The summed E-state index contributed by atoms with van der Waals surface area (Å²) >= 11 is 0. The number of aromatic nitrogens is 1. The number of fused-ring (bicyclic) bond motifs is 4. The van der Waals surface area contributed by atoms with Gasteiger partial charge in [0.2, 0.25) is 0 Å². The van der Waals surface area contributed by atoms with E-state index < -0.39 is 7.14 Å². The van der Waals surface area contributed by atoms with Crippen LogP contribution in [0, 0.1) is 12.1 Å². The van der Waals surface area contributed by atoms with Gasteiger partial charge in [-0.05, 0) is 80.0 Å². The first-order valence-electron chi connectivity index (χ1n) is 22.0. The summed E-state index contributed by atoms with van der Waals surface area (Å²) < 4.78 is 15.1. The third kappa shape index (κ3) is 6.33. The summed E-state index contributed by atoms with van der Waals surface area (Å²) in [6.07, 6.45) is 0. The number of hydrogen-bond donors (Lipinski definition) is 0. The zero-order valence-electron chi connectivity index (χ0n) is 35.9. The maximum atomic E-state index is 15.1. The first-order chi connectivity index (χ1) is 31.3. The molecule has 0 saturated heterocycles. The Morgan fingerprint density at radius 1 is 0.400 bits per heavy atom. The van der Waals surface area contributed by atoms with E-state index in [2.05, 4.69) is 178 Å². The Kier molecular flexibility index (Phi) is 9.94. The quantitative estimate of drug-likeness (QED) is 0.130. The Hall–Kier alpha value is -6.73. The molecule has 0 aliphatic heterocycles. The van der Waals surface area contributed by atoms with Crippen LogP contribution >= 0.6 is 7.14 Å². The molecule has 0 atom stereocenters. The fourth-order valence-corrected chi connectivity index (χ4v) is 13.4. The van der Waals surface area contributed by atoms with Crippen molar-refractivity contribution in [2.24, 2.45) is 0 Å². The van der Waals surface area contributed by atoms with Crippen molar-refractivity contribution in [2.45, 2.75) is 24.7 Å². The van der Waals surface area contributed by atoms with Crippen LogP contribution < -0.4 is 15.9 Å². The average molecular weight is 1030 g/mol. The first-order valence-corrected chi connectivity index (χ1v) is 23.7. The molecule has 313 valence electrons. The second-order valence-electron chi connectivity index (χ2n) is 17.5. The molecule has 2 nitrogen and oxygen atoms in total. The van der Waals surface area contributed by atoms with E-state index >= 15 is 4.57 Å². The number of pyridine rings is 1. The molecule has 0 spiro atoms. The number of benzene rings is 10. The third-order valence-corrected chi connectivity index (χ3v) is 17.1. The van der Waals surface area contributed by atoms with Crippen LogP contribution in [0.25, 0.3) is 54.5 Å². The van der Waals surface area contributed by atoms with Gasteiger partial charge in [-0.1, -0.05) is 182 Å². The predicted molar refractivity (Wildman–Crippen MR) is 267 cm³/mol. The normalized spacial score (nSPS) is 16.8. The van der Waals surface area contributed by atoms with Gasteiger partial charge in [-0.2, -0.15) is 18.2 Å². The molecule has 65 heavy (non-hydrogen) atoms. The summed E-state index contributed by atoms with van der Waals surface area (Å²) in [7, 11) is -3.15. The Labute approximate surface area is 393 Å². The molecule has 0 fully saturated rings. The van der Waals surface area contributed by atoms with E-state index in [1.165, 1.54) is 33.4 Å². The Balaban J connectivity index is 0.000000142. The second kappa shape index (κ2) is 15.8. The van der Waals surface area contributed by atoms with Gasteiger partial charge in [0.25, 0.3) is 0 Å². The number of hydrogen-bond acceptors (Lipinski definition) is 2.